The highest BCUT2D eigenvalue weighted by Crippen LogP contribution is 2.49. The Labute approximate surface area is 174 Å². The minimum Gasteiger partial charge on any atom is -0.493 e. The first kappa shape index (κ1) is 20.8. The van der Waals surface area contributed by atoms with Crippen LogP contribution in [0.25, 0.3) is 5.69 Å². The second-order valence-corrected chi connectivity index (χ2v) is 8.57. The largest absolute Gasteiger partial charge is 0.493 e. The lowest BCUT2D eigenvalue weighted by Gasteiger charge is -2.30. The van der Waals surface area contributed by atoms with E-state index in [1.165, 1.54) is 15.5 Å². The number of halogens is 3. The van der Waals surface area contributed by atoms with Crippen molar-refractivity contribution >= 4 is 6.09 Å². The Kier molecular flexibility index (Phi) is 4.39. The number of rotatable bonds is 1. The first-order chi connectivity index (χ1) is 14.3. The molecule has 2 aliphatic rings. The molecule has 2 bridgehead atoms. The summed E-state index contributed by atoms with van der Waals surface area (Å²) in [7, 11) is 0. The van der Waals surface area contributed by atoms with Gasteiger partial charge in [0, 0.05) is 6.54 Å². The molecule has 2 atom stereocenters. The van der Waals surface area contributed by atoms with Crippen LogP contribution in [0.3, 0.4) is 0 Å². The van der Waals surface area contributed by atoms with Crippen molar-refractivity contribution in [1.82, 2.24) is 14.0 Å². The predicted molar refractivity (Wildman–Crippen MR) is 101 cm³/mol. The van der Waals surface area contributed by atoms with Gasteiger partial charge in [-0.2, -0.15) is 18.4 Å². The zero-order valence-electron chi connectivity index (χ0n) is 16.9. The van der Waals surface area contributed by atoms with Crippen LogP contribution in [0.5, 0.6) is 5.88 Å². The molecule has 1 aromatic carbocycles. The van der Waals surface area contributed by atoms with Crippen LogP contribution in [0.4, 0.5) is 18.0 Å². The monoisotopic (exact) mass is 436 g/mol. The van der Waals surface area contributed by atoms with Crippen molar-refractivity contribution in [2.24, 2.45) is 0 Å². The summed E-state index contributed by atoms with van der Waals surface area (Å²) in [6.07, 6.45) is -5.00. The molecule has 1 saturated heterocycles. The molecule has 2 unspecified atom stereocenters. The van der Waals surface area contributed by atoms with Crippen LogP contribution in [0, 0.1) is 11.3 Å². The van der Waals surface area contributed by atoms with E-state index in [1.54, 1.807) is 20.8 Å². The molecule has 11 heteroatoms. The Balaban J connectivity index is 1.78. The van der Waals surface area contributed by atoms with Gasteiger partial charge in [-0.3, -0.25) is 9.47 Å². The molecule has 0 spiro atoms. The van der Waals surface area contributed by atoms with E-state index in [9.17, 15) is 27.9 Å². The first-order valence-electron chi connectivity index (χ1n) is 9.51. The van der Waals surface area contributed by atoms with Crippen molar-refractivity contribution in [1.29, 1.82) is 5.26 Å². The topological polar surface area (TPSA) is 100 Å². The van der Waals surface area contributed by atoms with E-state index >= 15 is 0 Å². The molecule has 0 saturated carbocycles. The number of carbonyl (C=O) groups is 1. The van der Waals surface area contributed by atoms with Gasteiger partial charge in [0.1, 0.15) is 11.3 Å². The molecule has 2 aromatic rings. The first-order valence-corrected chi connectivity index (χ1v) is 9.51. The Bertz CT molecular complexity index is 1180. The molecule has 0 aliphatic carbocycles. The second kappa shape index (κ2) is 6.54. The molecule has 1 amide bonds. The number of nitriles is 1. The van der Waals surface area contributed by atoms with Crippen LogP contribution >= 0.6 is 0 Å². The van der Waals surface area contributed by atoms with Crippen LogP contribution in [-0.4, -0.2) is 37.4 Å². The van der Waals surface area contributed by atoms with Crippen molar-refractivity contribution in [2.45, 2.75) is 51.1 Å². The van der Waals surface area contributed by atoms with E-state index in [0.29, 0.717) is 12.5 Å². The van der Waals surface area contributed by atoms with Crippen molar-refractivity contribution in [3.63, 3.8) is 0 Å². The number of carbonyl (C=O) groups excluding carboxylic acids is 1. The van der Waals surface area contributed by atoms with Gasteiger partial charge >= 0.3 is 18.0 Å². The minimum absolute atomic E-state index is 0.157. The number of fused-ring (bicyclic) bond motifs is 5. The molecule has 1 fully saturated rings. The van der Waals surface area contributed by atoms with Gasteiger partial charge in [-0.25, -0.2) is 14.2 Å². The number of imidazole rings is 1. The summed E-state index contributed by atoms with van der Waals surface area (Å²) in [5.74, 6) is -0.538. The van der Waals surface area contributed by atoms with E-state index in [1.807, 2.05) is 0 Å². The molecule has 0 radical (unpaired) electrons. The average Bonchev–Trinajstić information content (AvgIpc) is 3.31. The zero-order valence-corrected chi connectivity index (χ0v) is 16.9. The van der Waals surface area contributed by atoms with Gasteiger partial charge in [0.2, 0.25) is 5.88 Å². The number of hydrogen-bond donors (Lipinski definition) is 1. The Morgan fingerprint density at radius 1 is 1.29 bits per heavy atom. The molecule has 3 heterocycles. The third-order valence-corrected chi connectivity index (χ3v) is 5.37. The molecular weight excluding hydrogens is 417 g/mol. The number of aromatic nitrogens is 2. The highest BCUT2D eigenvalue weighted by atomic mass is 19.4. The maximum Gasteiger partial charge on any atom is 0.417 e. The average molecular weight is 436 g/mol. The molecule has 8 nitrogen and oxygen atoms in total. The third-order valence-electron chi connectivity index (χ3n) is 5.37. The number of nitrogens with zero attached hydrogens (tertiary/aromatic N) is 4. The minimum atomic E-state index is -4.81. The molecule has 4 rings (SSSR count). The molecule has 31 heavy (non-hydrogen) atoms. The Morgan fingerprint density at radius 3 is 2.55 bits per heavy atom. The molecular formula is C20H19F3N4O4. The molecule has 164 valence electrons. The summed E-state index contributed by atoms with van der Waals surface area (Å²) < 4.78 is 47.5. The van der Waals surface area contributed by atoms with Gasteiger partial charge in [0.05, 0.1) is 35.0 Å². The number of aromatic hydroxyl groups is 1. The van der Waals surface area contributed by atoms with Gasteiger partial charge < -0.3 is 9.84 Å². The van der Waals surface area contributed by atoms with E-state index in [4.69, 9.17) is 10.00 Å². The summed E-state index contributed by atoms with van der Waals surface area (Å²) in [4.78, 5) is 26.9. The molecule has 1 N–H and O–H groups in total. The Hall–Kier alpha value is -3.42. The zero-order chi connectivity index (χ0) is 22.9. The fourth-order valence-corrected chi connectivity index (χ4v) is 4.20. The van der Waals surface area contributed by atoms with Crippen LogP contribution in [0.15, 0.2) is 23.0 Å². The normalized spacial score (nSPS) is 20.0. The maximum absolute atomic E-state index is 13.3. The van der Waals surface area contributed by atoms with Crippen LogP contribution < -0.4 is 5.69 Å². The molecule has 1 aromatic heterocycles. The van der Waals surface area contributed by atoms with E-state index in [0.717, 1.165) is 16.7 Å². The lowest BCUT2D eigenvalue weighted by atomic mass is 10.1. The van der Waals surface area contributed by atoms with E-state index in [-0.39, 0.29) is 17.9 Å². The van der Waals surface area contributed by atoms with Gasteiger partial charge in [0.15, 0.2) is 0 Å². The number of likely N-dealkylation sites (tertiary alicyclic amines) is 1. The predicted octanol–water partition coefficient (Wildman–Crippen LogP) is 3.47. The lowest BCUT2D eigenvalue weighted by molar-refractivity contribution is -0.137. The van der Waals surface area contributed by atoms with Crippen molar-refractivity contribution in [3.8, 4) is 17.6 Å². The summed E-state index contributed by atoms with van der Waals surface area (Å²) in [6.45, 7) is 5.34. The number of hydrogen-bond acceptors (Lipinski definition) is 5. The van der Waals surface area contributed by atoms with E-state index in [2.05, 4.69) is 0 Å². The summed E-state index contributed by atoms with van der Waals surface area (Å²) in [6, 6.07) is 3.20. The van der Waals surface area contributed by atoms with Crippen LogP contribution in [0.1, 0.15) is 56.1 Å². The fraction of sp³-hybridized carbons (Fsp3) is 0.450. The highest BCUT2D eigenvalue weighted by molar-refractivity contribution is 5.70. The quantitative estimate of drug-likeness (QED) is 0.738. The number of benzene rings is 1. The lowest BCUT2D eigenvalue weighted by Crippen LogP contribution is -2.40. The summed E-state index contributed by atoms with van der Waals surface area (Å²) in [5, 5.41) is 19.7. The summed E-state index contributed by atoms with van der Waals surface area (Å²) >= 11 is 0. The van der Waals surface area contributed by atoms with Gasteiger partial charge in [-0.05, 0) is 45.4 Å². The molecule has 2 aliphatic heterocycles. The van der Waals surface area contributed by atoms with Gasteiger partial charge in [-0.15, -0.1) is 0 Å². The van der Waals surface area contributed by atoms with Crippen molar-refractivity contribution < 1.29 is 27.8 Å². The summed E-state index contributed by atoms with van der Waals surface area (Å²) in [5.41, 5.74) is -3.30. The standard InChI is InChI=1S/C20H19F3N4O4/c1-19(2,3)31-18(30)25-9-12-7-14(25)15-16(28)27(17(29)26(12)15)11-5-4-10(8-24)13(6-11)20(21,22)23/h4-6,12,14,28H,7,9H2,1-3H3. The van der Waals surface area contributed by atoms with Crippen LogP contribution in [-0.2, 0) is 10.9 Å². The number of ether oxygens (including phenoxy) is 1. The highest BCUT2D eigenvalue weighted by Gasteiger charge is 2.50. The Morgan fingerprint density at radius 2 is 1.97 bits per heavy atom. The van der Waals surface area contributed by atoms with Gasteiger partial charge in [0.25, 0.3) is 0 Å². The number of alkyl halides is 3. The van der Waals surface area contributed by atoms with Crippen LogP contribution in [0.2, 0.25) is 0 Å². The maximum atomic E-state index is 13.3. The van der Waals surface area contributed by atoms with Gasteiger partial charge in [-0.1, -0.05) is 0 Å². The van der Waals surface area contributed by atoms with Crippen molar-refractivity contribution in [2.75, 3.05) is 6.54 Å². The van der Waals surface area contributed by atoms with Crippen molar-refractivity contribution in [3.05, 3.63) is 45.5 Å². The fourth-order valence-electron chi connectivity index (χ4n) is 4.20. The smallest absolute Gasteiger partial charge is 0.417 e. The number of amides is 1. The SMILES string of the molecule is CC(C)(C)OC(=O)N1CC2CC1c1c(O)n(-c3ccc(C#N)c(C(F)(F)F)c3)c(=O)n12. The second-order valence-electron chi connectivity index (χ2n) is 8.57. The van der Waals surface area contributed by atoms with E-state index < -0.39 is 52.7 Å². The third kappa shape index (κ3) is 3.22.